The summed E-state index contributed by atoms with van der Waals surface area (Å²) < 4.78 is 5.55. The lowest BCUT2D eigenvalue weighted by Crippen LogP contribution is -2.56. The van der Waals surface area contributed by atoms with Crippen molar-refractivity contribution >= 4 is 17.5 Å². The maximum absolute atomic E-state index is 12.1. The van der Waals surface area contributed by atoms with Crippen molar-refractivity contribution in [3.63, 3.8) is 0 Å². The molecule has 1 aliphatic heterocycles. The van der Waals surface area contributed by atoms with Gasteiger partial charge in [0.1, 0.15) is 5.75 Å². The Hall–Kier alpha value is -1.26. The molecule has 1 fully saturated rings. The van der Waals surface area contributed by atoms with Gasteiger partial charge in [-0.1, -0.05) is 17.7 Å². The molecule has 0 unspecified atom stereocenters. The van der Waals surface area contributed by atoms with Crippen molar-refractivity contribution in [1.29, 1.82) is 0 Å². The molecule has 20 heavy (non-hydrogen) atoms. The van der Waals surface area contributed by atoms with Crippen LogP contribution in [0.25, 0.3) is 0 Å². The Morgan fingerprint density at radius 3 is 2.75 bits per heavy atom. The number of carbonyl (C=O) groups excluding carboxylic acids is 1. The zero-order valence-electron chi connectivity index (χ0n) is 11.9. The van der Waals surface area contributed by atoms with E-state index in [4.69, 9.17) is 16.3 Å². The Balaban J connectivity index is 1.77. The molecule has 0 aliphatic carbocycles. The summed E-state index contributed by atoms with van der Waals surface area (Å²) >= 11 is 5.88. The highest BCUT2D eigenvalue weighted by Gasteiger charge is 2.24. The first-order valence-corrected chi connectivity index (χ1v) is 7.34. The van der Waals surface area contributed by atoms with E-state index in [2.05, 4.69) is 19.2 Å². The van der Waals surface area contributed by atoms with Gasteiger partial charge in [0.25, 0.3) is 0 Å². The summed E-state index contributed by atoms with van der Waals surface area (Å²) in [5.74, 6) is 0.847. The van der Waals surface area contributed by atoms with Crippen molar-refractivity contribution < 1.29 is 9.53 Å². The van der Waals surface area contributed by atoms with Gasteiger partial charge in [0.05, 0.1) is 13.0 Å². The number of benzene rings is 1. The molecule has 1 aromatic carbocycles. The molecule has 110 valence electrons. The topological polar surface area (TPSA) is 41.6 Å². The average Bonchev–Trinajstić information content (AvgIpc) is 2.37. The first-order valence-electron chi connectivity index (χ1n) is 6.97. The maximum atomic E-state index is 12.1. The lowest BCUT2D eigenvalue weighted by Gasteiger charge is -2.36. The Kier molecular flexibility index (Phi) is 5.26. The van der Waals surface area contributed by atoms with E-state index in [1.807, 2.05) is 17.0 Å². The third kappa shape index (κ3) is 4.39. The predicted molar refractivity (Wildman–Crippen MR) is 80.2 cm³/mol. The van der Waals surface area contributed by atoms with E-state index in [1.165, 1.54) is 0 Å². The quantitative estimate of drug-likeness (QED) is 0.927. The standard InChI is InChI=1S/C15H21ClN2O2/c1-11-9-18(10-12(2)17-11)15(19)6-7-20-14-5-3-4-13(16)8-14/h3-5,8,11-12,17H,6-7,9-10H2,1-2H3/t11-,12-/m1/s1. The number of ether oxygens (including phenoxy) is 1. The molecule has 2 atom stereocenters. The van der Waals surface area contributed by atoms with Gasteiger partial charge in [-0.2, -0.15) is 0 Å². The van der Waals surface area contributed by atoms with Crippen LogP contribution >= 0.6 is 11.6 Å². The number of halogens is 1. The van der Waals surface area contributed by atoms with E-state index in [0.717, 1.165) is 13.1 Å². The van der Waals surface area contributed by atoms with Gasteiger partial charge in [0.2, 0.25) is 5.91 Å². The lowest BCUT2D eigenvalue weighted by atomic mass is 10.1. The fourth-order valence-electron chi connectivity index (χ4n) is 2.50. The molecule has 0 saturated carbocycles. The normalized spacial score (nSPS) is 22.6. The van der Waals surface area contributed by atoms with Gasteiger partial charge in [-0.25, -0.2) is 0 Å². The molecule has 5 heteroatoms. The van der Waals surface area contributed by atoms with Crippen LogP contribution < -0.4 is 10.1 Å². The van der Waals surface area contributed by atoms with Gasteiger partial charge in [-0.3, -0.25) is 4.79 Å². The average molecular weight is 297 g/mol. The second-order valence-electron chi connectivity index (χ2n) is 5.32. The van der Waals surface area contributed by atoms with Crippen molar-refractivity contribution in [3.8, 4) is 5.75 Å². The van der Waals surface area contributed by atoms with Crippen molar-refractivity contribution in [1.82, 2.24) is 10.2 Å². The van der Waals surface area contributed by atoms with Gasteiger partial charge >= 0.3 is 0 Å². The largest absolute Gasteiger partial charge is 0.493 e. The minimum absolute atomic E-state index is 0.146. The van der Waals surface area contributed by atoms with Crippen molar-refractivity contribution in [2.45, 2.75) is 32.4 Å². The Labute approximate surface area is 125 Å². The third-order valence-electron chi connectivity index (χ3n) is 3.29. The Morgan fingerprint density at radius 2 is 2.10 bits per heavy atom. The number of carbonyl (C=O) groups is 1. The van der Waals surface area contributed by atoms with Crippen molar-refractivity contribution in [3.05, 3.63) is 29.3 Å². The van der Waals surface area contributed by atoms with Gasteiger partial charge in [-0.05, 0) is 32.0 Å². The summed E-state index contributed by atoms with van der Waals surface area (Å²) in [6, 6.07) is 7.90. The van der Waals surface area contributed by atoms with E-state index in [9.17, 15) is 4.79 Å². The lowest BCUT2D eigenvalue weighted by molar-refractivity contribution is -0.133. The van der Waals surface area contributed by atoms with Gasteiger partial charge < -0.3 is 15.0 Å². The summed E-state index contributed by atoms with van der Waals surface area (Å²) in [6.45, 7) is 6.10. The van der Waals surface area contributed by atoms with Crippen LogP contribution in [0.1, 0.15) is 20.3 Å². The molecule has 0 radical (unpaired) electrons. The SMILES string of the molecule is C[C@@H]1CN(C(=O)CCOc2cccc(Cl)c2)C[C@@H](C)N1. The summed E-state index contributed by atoms with van der Waals surface area (Å²) in [6.07, 6.45) is 0.395. The van der Waals surface area contributed by atoms with Crippen LogP contribution in [0.15, 0.2) is 24.3 Å². The monoisotopic (exact) mass is 296 g/mol. The van der Waals surface area contributed by atoms with Crippen LogP contribution in [0, 0.1) is 0 Å². The zero-order chi connectivity index (χ0) is 14.5. The fraction of sp³-hybridized carbons (Fsp3) is 0.533. The Bertz CT molecular complexity index is 457. The number of nitrogens with one attached hydrogen (secondary N) is 1. The highest BCUT2D eigenvalue weighted by atomic mass is 35.5. The van der Waals surface area contributed by atoms with E-state index >= 15 is 0 Å². The van der Waals surface area contributed by atoms with Crippen LogP contribution in [0.2, 0.25) is 5.02 Å². The fourth-order valence-corrected chi connectivity index (χ4v) is 2.68. The molecule has 1 saturated heterocycles. The van der Waals surface area contributed by atoms with Gasteiger partial charge in [0, 0.05) is 30.2 Å². The van der Waals surface area contributed by atoms with Gasteiger partial charge in [0.15, 0.2) is 0 Å². The third-order valence-corrected chi connectivity index (χ3v) is 3.53. The number of piperazine rings is 1. The highest BCUT2D eigenvalue weighted by Crippen LogP contribution is 2.17. The minimum atomic E-state index is 0.146. The van der Waals surface area contributed by atoms with Crippen LogP contribution in [-0.4, -0.2) is 42.6 Å². The van der Waals surface area contributed by atoms with Crippen molar-refractivity contribution in [2.24, 2.45) is 0 Å². The smallest absolute Gasteiger partial charge is 0.226 e. The number of nitrogens with zero attached hydrogens (tertiary/aromatic N) is 1. The maximum Gasteiger partial charge on any atom is 0.226 e. The van der Waals surface area contributed by atoms with E-state index in [1.54, 1.807) is 12.1 Å². The van der Waals surface area contributed by atoms with Crippen LogP contribution in [0.4, 0.5) is 0 Å². The summed E-state index contributed by atoms with van der Waals surface area (Å²) in [7, 11) is 0. The van der Waals surface area contributed by atoms with Crippen LogP contribution in [-0.2, 0) is 4.79 Å². The van der Waals surface area contributed by atoms with E-state index in [-0.39, 0.29) is 5.91 Å². The summed E-state index contributed by atoms with van der Waals surface area (Å²) in [5, 5.41) is 4.05. The first kappa shape index (κ1) is 15.1. The molecule has 0 spiro atoms. The number of hydrogen-bond donors (Lipinski definition) is 1. The molecule has 0 bridgehead atoms. The number of hydrogen-bond acceptors (Lipinski definition) is 3. The zero-order valence-corrected chi connectivity index (χ0v) is 12.7. The molecule has 0 aromatic heterocycles. The first-order chi connectivity index (χ1) is 9.54. The van der Waals surface area contributed by atoms with E-state index < -0.39 is 0 Å². The molecule has 1 aromatic rings. The van der Waals surface area contributed by atoms with Crippen LogP contribution in [0.3, 0.4) is 0 Å². The summed E-state index contributed by atoms with van der Waals surface area (Å²) in [4.78, 5) is 14.0. The predicted octanol–water partition coefficient (Wildman–Crippen LogP) is 2.32. The molecular weight excluding hydrogens is 276 g/mol. The molecule has 1 heterocycles. The second kappa shape index (κ2) is 6.95. The summed E-state index contributed by atoms with van der Waals surface area (Å²) in [5.41, 5.74) is 0. The van der Waals surface area contributed by atoms with Crippen LogP contribution in [0.5, 0.6) is 5.75 Å². The number of rotatable bonds is 4. The Morgan fingerprint density at radius 1 is 1.40 bits per heavy atom. The van der Waals surface area contributed by atoms with E-state index in [0.29, 0.717) is 35.9 Å². The van der Waals surface area contributed by atoms with Crippen molar-refractivity contribution in [2.75, 3.05) is 19.7 Å². The minimum Gasteiger partial charge on any atom is -0.493 e. The molecular formula is C15H21ClN2O2. The molecule has 2 rings (SSSR count). The molecule has 4 nitrogen and oxygen atoms in total. The highest BCUT2D eigenvalue weighted by molar-refractivity contribution is 6.30. The molecule has 1 amide bonds. The second-order valence-corrected chi connectivity index (χ2v) is 5.76. The number of amides is 1. The molecule has 1 N–H and O–H groups in total. The van der Waals surface area contributed by atoms with Gasteiger partial charge in [-0.15, -0.1) is 0 Å². The molecule has 1 aliphatic rings.